The third-order valence-electron chi connectivity index (χ3n) is 3.80. The molecule has 5 heteroatoms. The SMILES string of the molecule is Cc1cnc(N)nc1N1CC[C@@H](c2ccccc2F)C1. The molecule has 0 amide bonds. The Bertz CT molecular complexity index is 629. The quantitative estimate of drug-likeness (QED) is 0.912. The number of halogens is 1. The number of aryl methyl sites for hydroxylation is 1. The fourth-order valence-electron chi connectivity index (χ4n) is 2.78. The number of rotatable bonds is 2. The third kappa shape index (κ3) is 2.31. The molecule has 0 unspecified atom stereocenters. The molecule has 2 heterocycles. The van der Waals surface area contributed by atoms with Crippen LogP contribution in [0.1, 0.15) is 23.5 Å². The lowest BCUT2D eigenvalue weighted by atomic mass is 9.98. The summed E-state index contributed by atoms with van der Waals surface area (Å²) in [4.78, 5) is 10.4. The average Bonchev–Trinajstić information content (AvgIpc) is 2.91. The van der Waals surface area contributed by atoms with Gasteiger partial charge in [0.05, 0.1) is 0 Å². The molecule has 1 fully saturated rings. The Kier molecular flexibility index (Phi) is 3.26. The molecule has 1 saturated heterocycles. The van der Waals surface area contributed by atoms with Crippen LogP contribution in [0.25, 0.3) is 0 Å². The molecule has 0 radical (unpaired) electrons. The lowest BCUT2D eigenvalue weighted by Gasteiger charge is -2.19. The van der Waals surface area contributed by atoms with Crippen LogP contribution >= 0.6 is 0 Å². The number of aromatic nitrogens is 2. The maximum Gasteiger partial charge on any atom is 0.221 e. The zero-order valence-corrected chi connectivity index (χ0v) is 11.4. The van der Waals surface area contributed by atoms with Gasteiger partial charge in [0.2, 0.25) is 5.95 Å². The number of benzene rings is 1. The highest BCUT2D eigenvalue weighted by molar-refractivity contribution is 5.49. The minimum absolute atomic E-state index is 0.127. The van der Waals surface area contributed by atoms with Crippen molar-refractivity contribution in [2.24, 2.45) is 0 Å². The Labute approximate surface area is 117 Å². The first-order chi connectivity index (χ1) is 9.65. The molecule has 1 atom stereocenters. The van der Waals surface area contributed by atoms with E-state index >= 15 is 0 Å². The van der Waals surface area contributed by atoms with Crippen LogP contribution in [-0.4, -0.2) is 23.1 Å². The lowest BCUT2D eigenvalue weighted by Crippen LogP contribution is -2.22. The van der Waals surface area contributed by atoms with Crippen molar-refractivity contribution in [3.63, 3.8) is 0 Å². The summed E-state index contributed by atoms with van der Waals surface area (Å²) in [6.07, 6.45) is 2.65. The third-order valence-corrected chi connectivity index (χ3v) is 3.80. The van der Waals surface area contributed by atoms with Crippen molar-refractivity contribution < 1.29 is 4.39 Å². The van der Waals surface area contributed by atoms with Crippen molar-refractivity contribution >= 4 is 11.8 Å². The second kappa shape index (κ2) is 5.07. The highest BCUT2D eigenvalue weighted by Crippen LogP contribution is 2.32. The van der Waals surface area contributed by atoms with Gasteiger partial charge in [0, 0.05) is 30.8 Å². The van der Waals surface area contributed by atoms with E-state index in [4.69, 9.17) is 5.73 Å². The molecule has 2 N–H and O–H groups in total. The van der Waals surface area contributed by atoms with Gasteiger partial charge in [-0.2, -0.15) is 4.98 Å². The smallest absolute Gasteiger partial charge is 0.221 e. The van der Waals surface area contributed by atoms with Crippen LogP contribution in [0.5, 0.6) is 0 Å². The molecule has 0 aliphatic carbocycles. The summed E-state index contributed by atoms with van der Waals surface area (Å²) < 4.78 is 13.9. The van der Waals surface area contributed by atoms with Crippen LogP contribution in [0.4, 0.5) is 16.2 Å². The van der Waals surface area contributed by atoms with Crippen molar-refractivity contribution in [3.8, 4) is 0 Å². The Hall–Kier alpha value is -2.17. The van der Waals surface area contributed by atoms with Gasteiger partial charge in [-0.05, 0) is 25.0 Å². The van der Waals surface area contributed by atoms with Crippen LogP contribution in [-0.2, 0) is 0 Å². The van der Waals surface area contributed by atoms with Gasteiger partial charge in [-0.1, -0.05) is 18.2 Å². The summed E-state index contributed by atoms with van der Waals surface area (Å²) in [5.41, 5.74) is 7.44. The van der Waals surface area contributed by atoms with Crippen LogP contribution in [0.15, 0.2) is 30.5 Å². The number of hydrogen-bond acceptors (Lipinski definition) is 4. The van der Waals surface area contributed by atoms with Gasteiger partial charge < -0.3 is 10.6 Å². The molecule has 0 spiro atoms. The fraction of sp³-hybridized carbons (Fsp3) is 0.333. The summed E-state index contributed by atoms with van der Waals surface area (Å²) in [6, 6.07) is 6.99. The minimum Gasteiger partial charge on any atom is -0.368 e. The van der Waals surface area contributed by atoms with Crippen LogP contribution in [0.3, 0.4) is 0 Å². The van der Waals surface area contributed by atoms with E-state index in [1.165, 1.54) is 6.07 Å². The van der Waals surface area contributed by atoms with E-state index < -0.39 is 0 Å². The molecule has 3 rings (SSSR count). The van der Waals surface area contributed by atoms with E-state index in [1.54, 1.807) is 12.3 Å². The van der Waals surface area contributed by atoms with Gasteiger partial charge in [0.25, 0.3) is 0 Å². The largest absolute Gasteiger partial charge is 0.368 e. The molecule has 0 bridgehead atoms. The standard InChI is InChI=1S/C15H17FN4/c1-10-8-18-15(17)19-14(10)20-7-6-11(9-20)12-4-2-3-5-13(12)16/h2-5,8,11H,6-7,9H2,1H3,(H2,17,18,19)/t11-/m1/s1. The molecule has 2 aromatic rings. The maximum atomic E-state index is 13.9. The van der Waals surface area contributed by atoms with Gasteiger partial charge in [-0.3, -0.25) is 0 Å². The summed E-state index contributed by atoms with van der Waals surface area (Å²) in [6.45, 7) is 3.58. The zero-order valence-electron chi connectivity index (χ0n) is 11.4. The van der Waals surface area contributed by atoms with Crippen molar-refractivity contribution in [3.05, 3.63) is 47.4 Å². The van der Waals surface area contributed by atoms with E-state index in [0.717, 1.165) is 36.5 Å². The molecule has 4 nitrogen and oxygen atoms in total. The summed E-state index contributed by atoms with van der Waals surface area (Å²) in [5.74, 6) is 1.21. The number of anilines is 2. The number of hydrogen-bond donors (Lipinski definition) is 1. The van der Waals surface area contributed by atoms with Crippen LogP contribution in [0.2, 0.25) is 0 Å². The molecule has 1 aliphatic rings. The first-order valence-electron chi connectivity index (χ1n) is 6.73. The van der Waals surface area contributed by atoms with E-state index in [-0.39, 0.29) is 17.7 Å². The van der Waals surface area contributed by atoms with E-state index in [1.807, 2.05) is 19.1 Å². The molecule has 20 heavy (non-hydrogen) atoms. The molecular formula is C15H17FN4. The zero-order chi connectivity index (χ0) is 14.1. The highest BCUT2D eigenvalue weighted by atomic mass is 19.1. The van der Waals surface area contributed by atoms with E-state index in [2.05, 4.69) is 14.9 Å². The Balaban J connectivity index is 1.83. The van der Waals surface area contributed by atoms with Crippen molar-refractivity contribution in [1.29, 1.82) is 0 Å². The normalized spacial score (nSPS) is 18.5. The number of nitrogens with zero attached hydrogens (tertiary/aromatic N) is 3. The Morgan fingerprint density at radius 2 is 2.15 bits per heavy atom. The van der Waals surface area contributed by atoms with Gasteiger partial charge in [-0.25, -0.2) is 9.37 Å². The van der Waals surface area contributed by atoms with Gasteiger partial charge in [0.15, 0.2) is 0 Å². The average molecular weight is 272 g/mol. The van der Waals surface area contributed by atoms with Gasteiger partial charge in [0.1, 0.15) is 11.6 Å². The van der Waals surface area contributed by atoms with E-state index in [9.17, 15) is 4.39 Å². The summed E-state index contributed by atoms with van der Waals surface area (Å²) in [5, 5.41) is 0. The van der Waals surface area contributed by atoms with Crippen LogP contribution in [0, 0.1) is 12.7 Å². The minimum atomic E-state index is -0.127. The second-order valence-corrected chi connectivity index (χ2v) is 5.19. The van der Waals surface area contributed by atoms with Crippen molar-refractivity contribution in [2.75, 3.05) is 23.7 Å². The fourth-order valence-corrected chi connectivity index (χ4v) is 2.78. The van der Waals surface area contributed by atoms with E-state index in [0.29, 0.717) is 0 Å². The topological polar surface area (TPSA) is 55.0 Å². The van der Waals surface area contributed by atoms with Crippen molar-refractivity contribution in [2.45, 2.75) is 19.3 Å². The summed E-state index contributed by atoms with van der Waals surface area (Å²) >= 11 is 0. The predicted molar refractivity (Wildman–Crippen MR) is 77.2 cm³/mol. The number of nitrogens with two attached hydrogens (primary N) is 1. The Morgan fingerprint density at radius 3 is 2.95 bits per heavy atom. The molecule has 1 aromatic heterocycles. The molecule has 1 aromatic carbocycles. The monoisotopic (exact) mass is 272 g/mol. The maximum absolute atomic E-state index is 13.9. The highest BCUT2D eigenvalue weighted by Gasteiger charge is 2.27. The lowest BCUT2D eigenvalue weighted by molar-refractivity contribution is 0.589. The first kappa shape index (κ1) is 12.8. The van der Waals surface area contributed by atoms with Crippen molar-refractivity contribution in [1.82, 2.24) is 9.97 Å². The first-order valence-corrected chi connectivity index (χ1v) is 6.73. The Morgan fingerprint density at radius 1 is 1.35 bits per heavy atom. The molecular weight excluding hydrogens is 255 g/mol. The second-order valence-electron chi connectivity index (χ2n) is 5.19. The molecule has 1 aliphatic heterocycles. The molecule has 0 saturated carbocycles. The predicted octanol–water partition coefficient (Wildman–Crippen LogP) is 2.50. The van der Waals surface area contributed by atoms with Crippen LogP contribution < -0.4 is 10.6 Å². The molecule has 104 valence electrons. The number of nitrogen functional groups attached to an aromatic ring is 1. The summed E-state index contributed by atoms with van der Waals surface area (Å²) in [7, 11) is 0. The van der Waals surface area contributed by atoms with Gasteiger partial charge >= 0.3 is 0 Å². The van der Waals surface area contributed by atoms with Gasteiger partial charge in [-0.15, -0.1) is 0 Å².